The van der Waals surface area contributed by atoms with E-state index in [1.165, 1.54) is 0 Å². The minimum absolute atomic E-state index is 0.0591. The van der Waals surface area contributed by atoms with Crippen LogP contribution in [0.4, 0.5) is 5.82 Å². The topological polar surface area (TPSA) is 73.7 Å². The summed E-state index contributed by atoms with van der Waals surface area (Å²) in [6.45, 7) is 2.87. The van der Waals surface area contributed by atoms with Crippen molar-refractivity contribution < 1.29 is 14.7 Å². The Labute approximate surface area is 141 Å². The van der Waals surface area contributed by atoms with Gasteiger partial charge in [-0.15, -0.1) is 0 Å². The predicted octanol–water partition coefficient (Wildman–Crippen LogP) is 1.86. The van der Waals surface area contributed by atoms with Crippen LogP contribution in [0.2, 0.25) is 0 Å². The van der Waals surface area contributed by atoms with E-state index < -0.39 is 5.97 Å². The molecule has 2 atom stereocenters. The number of hydrogen-bond donors (Lipinski definition) is 1. The Bertz CT molecular complexity index is 653. The number of carboxylic acids is 1. The second-order valence-corrected chi connectivity index (χ2v) is 7.25. The molecule has 0 spiro atoms. The molecule has 3 aliphatic rings. The first-order chi connectivity index (χ1) is 11.6. The van der Waals surface area contributed by atoms with E-state index in [4.69, 9.17) is 0 Å². The predicted molar refractivity (Wildman–Crippen MR) is 88.9 cm³/mol. The van der Waals surface area contributed by atoms with Crippen molar-refractivity contribution in [3.8, 4) is 0 Å². The molecule has 4 rings (SSSR count). The molecule has 1 aliphatic carbocycles. The van der Waals surface area contributed by atoms with Crippen molar-refractivity contribution in [2.24, 2.45) is 17.8 Å². The lowest BCUT2D eigenvalue weighted by atomic mass is 9.92. The fraction of sp³-hybridized carbons (Fsp3) is 0.611. The number of aliphatic carboxylic acids is 1. The summed E-state index contributed by atoms with van der Waals surface area (Å²) < 4.78 is 0. The van der Waals surface area contributed by atoms with E-state index in [2.05, 4.69) is 4.98 Å². The molecule has 2 saturated heterocycles. The number of carbonyl (C=O) groups excluding carboxylic acids is 1. The monoisotopic (exact) mass is 329 g/mol. The van der Waals surface area contributed by atoms with Crippen molar-refractivity contribution in [2.45, 2.75) is 25.7 Å². The summed E-state index contributed by atoms with van der Waals surface area (Å²) in [5.41, 5.74) is 0.656. The van der Waals surface area contributed by atoms with Crippen LogP contribution in [0.25, 0.3) is 0 Å². The number of amides is 1. The third kappa shape index (κ3) is 2.85. The number of likely N-dealkylation sites (tertiary alicyclic amines) is 1. The molecule has 1 N–H and O–H groups in total. The average molecular weight is 329 g/mol. The van der Waals surface area contributed by atoms with Gasteiger partial charge < -0.3 is 14.9 Å². The maximum Gasteiger partial charge on any atom is 0.308 e. The van der Waals surface area contributed by atoms with Crippen molar-refractivity contribution in [3.05, 3.63) is 23.9 Å². The summed E-state index contributed by atoms with van der Waals surface area (Å²) in [6, 6.07) is 3.59. The van der Waals surface area contributed by atoms with Gasteiger partial charge in [0.25, 0.3) is 5.91 Å². The highest BCUT2D eigenvalue weighted by atomic mass is 16.4. The third-order valence-corrected chi connectivity index (χ3v) is 5.62. The first-order valence-electron chi connectivity index (χ1n) is 8.86. The third-order valence-electron chi connectivity index (χ3n) is 5.62. The Balaban J connectivity index is 1.53. The number of anilines is 1. The zero-order chi connectivity index (χ0) is 16.7. The first-order valence-corrected chi connectivity index (χ1v) is 8.86. The zero-order valence-corrected chi connectivity index (χ0v) is 13.7. The van der Waals surface area contributed by atoms with E-state index >= 15 is 0 Å². The van der Waals surface area contributed by atoms with Gasteiger partial charge in [-0.05, 0) is 49.7 Å². The molecule has 1 aromatic rings. The van der Waals surface area contributed by atoms with Gasteiger partial charge in [0.15, 0.2) is 0 Å². The van der Waals surface area contributed by atoms with Crippen molar-refractivity contribution in [2.75, 3.05) is 31.1 Å². The van der Waals surface area contributed by atoms with Gasteiger partial charge in [-0.2, -0.15) is 0 Å². The molecular formula is C18H23N3O3. The normalized spacial score (nSPS) is 26.8. The molecule has 1 amide bonds. The summed E-state index contributed by atoms with van der Waals surface area (Å²) in [4.78, 5) is 32.4. The molecular weight excluding hydrogens is 306 g/mol. The highest BCUT2D eigenvalue weighted by molar-refractivity contribution is 5.95. The number of pyridine rings is 1. The van der Waals surface area contributed by atoms with Gasteiger partial charge in [0.05, 0.1) is 5.92 Å². The summed E-state index contributed by atoms with van der Waals surface area (Å²) >= 11 is 0. The summed E-state index contributed by atoms with van der Waals surface area (Å²) in [7, 11) is 0. The Morgan fingerprint density at radius 2 is 1.92 bits per heavy atom. The molecule has 2 aliphatic heterocycles. The average Bonchev–Trinajstić information content (AvgIpc) is 3.12. The van der Waals surface area contributed by atoms with Gasteiger partial charge >= 0.3 is 5.97 Å². The van der Waals surface area contributed by atoms with Crippen molar-refractivity contribution in [3.63, 3.8) is 0 Å². The van der Waals surface area contributed by atoms with E-state index in [1.54, 1.807) is 12.3 Å². The van der Waals surface area contributed by atoms with Crippen LogP contribution in [0, 0.1) is 17.8 Å². The summed E-state index contributed by atoms with van der Waals surface area (Å²) in [6.07, 6.45) is 6.09. The maximum atomic E-state index is 12.6. The number of aromatic nitrogens is 1. The van der Waals surface area contributed by atoms with Gasteiger partial charge in [0.1, 0.15) is 5.82 Å². The van der Waals surface area contributed by atoms with Crippen LogP contribution in [-0.4, -0.2) is 53.0 Å². The van der Waals surface area contributed by atoms with Crippen LogP contribution >= 0.6 is 0 Å². The quantitative estimate of drug-likeness (QED) is 0.913. The Kier molecular flexibility index (Phi) is 3.90. The molecule has 3 heterocycles. The second kappa shape index (κ2) is 6.07. The van der Waals surface area contributed by atoms with E-state index in [-0.39, 0.29) is 17.7 Å². The Morgan fingerprint density at radius 3 is 2.58 bits per heavy atom. The van der Waals surface area contributed by atoms with Crippen LogP contribution in [0.1, 0.15) is 36.0 Å². The zero-order valence-electron chi connectivity index (χ0n) is 13.7. The van der Waals surface area contributed by atoms with Crippen LogP contribution in [0.3, 0.4) is 0 Å². The van der Waals surface area contributed by atoms with E-state index in [1.807, 2.05) is 15.9 Å². The molecule has 1 aromatic heterocycles. The van der Waals surface area contributed by atoms with E-state index in [0.29, 0.717) is 18.0 Å². The molecule has 0 bridgehead atoms. The number of rotatable bonds is 4. The minimum atomic E-state index is -0.710. The standard InChI is InChI=1S/C18H23N3O3/c22-17(20-7-1-2-8-20)13-5-6-19-16(9-13)21-10-14(12-3-4-12)15(11-21)18(23)24/h5-6,9,12,14-15H,1-4,7-8,10-11H2,(H,23,24). The molecule has 1 saturated carbocycles. The van der Waals surface area contributed by atoms with E-state index in [9.17, 15) is 14.7 Å². The molecule has 6 heteroatoms. The lowest BCUT2D eigenvalue weighted by Crippen LogP contribution is -2.28. The SMILES string of the molecule is O=C(O)C1CN(c2cc(C(=O)N3CCCC3)ccn2)CC1C1CC1. The van der Waals surface area contributed by atoms with Crippen LogP contribution in [-0.2, 0) is 4.79 Å². The van der Waals surface area contributed by atoms with Crippen LogP contribution in [0.5, 0.6) is 0 Å². The smallest absolute Gasteiger partial charge is 0.308 e. The lowest BCUT2D eigenvalue weighted by Gasteiger charge is -2.19. The highest BCUT2D eigenvalue weighted by Gasteiger charge is 2.46. The highest BCUT2D eigenvalue weighted by Crippen LogP contribution is 2.44. The van der Waals surface area contributed by atoms with Crippen molar-refractivity contribution in [1.82, 2.24) is 9.88 Å². The first kappa shape index (κ1) is 15.4. The van der Waals surface area contributed by atoms with Gasteiger partial charge in [0.2, 0.25) is 0 Å². The van der Waals surface area contributed by atoms with Gasteiger partial charge in [0, 0.05) is 37.9 Å². The number of nitrogens with zero attached hydrogens (tertiary/aromatic N) is 3. The van der Waals surface area contributed by atoms with Gasteiger partial charge in [-0.1, -0.05) is 0 Å². The van der Waals surface area contributed by atoms with Crippen LogP contribution in [0.15, 0.2) is 18.3 Å². The van der Waals surface area contributed by atoms with Crippen molar-refractivity contribution in [1.29, 1.82) is 0 Å². The fourth-order valence-corrected chi connectivity index (χ4v) is 4.11. The number of carboxylic acid groups (broad SMARTS) is 1. The summed E-state index contributed by atoms with van der Waals surface area (Å²) in [5.74, 6) is 0.516. The summed E-state index contributed by atoms with van der Waals surface area (Å²) in [5, 5.41) is 9.50. The number of hydrogen-bond acceptors (Lipinski definition) is 4. The molecule has 6 nitrogen and oxygen atoms in total. The Hall–Kier alpha value is -2.11. The molecule has 2 unspecified atom stereocenters. The fourth-order valence-electron chi connectivity index (χ4n) is 4.11. The van der Waals surface area contributed by atoms with Crippen molar-refractivity contribution >= 4 is 17.7 Å². The number of carbonyl (C=O) groups is 2. The molecule has 128 valence electrons. The molecule has 0 aromatic carbocycles. The Morgan fingerprint density at radius 1 is 1.17 bits per heavy atom. The minimum Gasteiger partial charge on any atom is -0.481 e. The maximum absolute atomic E-state index is 12.6. The van der Waals surface area contributed by atoms with Crippen LogP contribution < -0.4 is 4.90 Å². The van der Waals surface area contributed by atoms with E-state index in [0.717, 1.165) is 51.1 Å². The molecule has 0 radical (unpaired) electrons. The molecule has 3 fully saturated rings. The van der Waals surface area contributed by atoms with Gasteiger partial charge in [-0.25, -0.2) is 4.98 Å². The largest absolute Gasteiger partial charge is 0.481 e. The second-order valence-electron chi connectivity index (χ2n) is 7.25. The molecule has 24 heavy (non-hydrogen) atoms. The van der Waals surface area contributed by atoms with Gasteiger partial charge in [-0.3, -0.25) is 9.59 Å². The lowest BCUT2D eigenvalue weighted by molar-refractivity contribution is -0.142.